The summed E-state index contributed by atoms with van der Waals surface area (Å²) in [6.07, 6.45) is 48.0. The standard InChI is InChI=1S/C100H124O2S7/c1-9-17-25-29-37-69(33-21-13-5)61-73-41-49-77(50-42-73)99(78-51-43-74(44-52-78)62-70(34-22-14-6)38-30-26-18-10-2)83-65-86(84-59-57-81(67-101)103-84)105-92(83)94-90(99)96-98(108-94)91-97(109-96)95-89(93-88(107-95)66-87(106-93)85-60-58-82(68-102)104-85)100(91,79-53-45-75(46-54-79)63-71(35-23-15-7)39-31-27-19-11-3)80-55-47-76(48-56-80)64-72(36-24-16-8)40-32-28-20-12-4/h41-60,65-72H,9-40,61-64H2,1-8H3. The molecule has 0 saturated carbocycles. The molecule has 0 amide bonds. The Morgan fingerprint density at radius 2 is 0.587 bits per heavy atom. The fourth-order valence-electron chi connectivity index (χ4n) is 19.0. The second kappa shape index (κ2) is 39.6. The molecule has 2 nitrogen and oxygen atoms in total. The lowest BCUT2D eigenvalue weighted by Crippen LogP contribution is -2.29. The van der Waals surface area contributed by atoms with Crippen LogP contribution in [0.5, 0.6) is 0 Å². The molecular formula is C100H124O2S7. The molecule has 13 rings (SSSR count). The number of carbonyl (C=O) groups excluding carboxylic acids is 2. The molecule has 4 atom stereocenters. The molecular weight excluding hydrogens is 1460 g/mol. The van der Waals surface area contributed by atoms with E-state index < -0.39 is 10.8 Å². The van der Waals surface area contributed by atoms with Gasteiger partial charge in [0.2, 0.25) is 0 Å². The van der Waals surface area contributed by atoms with Gasteiger partial charge < -0.3 is 0 Å². The van der Waals surface area contributed by atoms with E-state index in [1.807, 2.05) is 46.1 Å². The van der Waals surface area contributed by atoms with Crippen LogP contribution in [0.4, 0.5) is 0 Å². The molecule has 0 radical (unpaired) electrons. The monoisotopic (exact) mass is 1580 g/mol. The molecule has 578 valence electrons. The Morgan fingerprint density at radius 3 is 0.936 bits per heavy atom. The highest BCUT2D eigenvalue weighted by molar-refractivity contribution is 7.37. The number of aldehydes is 2. The molecule has 0 spiro atoms. The lowest BCUT2D eigenvalue weighted by molar-refractivity contribution is 0.111. The maximum atomic E-state index is 12.6. The van der Waals surface area contributed by atoms with Crippen molar-refractivity contribution in [1.29, 1.82) is 0 Å². The summed E-state index contributed by atoms with van der Waals surface area (Å²) in [6, 6.07) is 54.7. The zero-order valence-corrected chi connectivity index (χ0v) is 73.0. The van der Waals surface area contributed by atoms with E-state index in [0.29, 0.717) is 23.7 Å². The third-order valence-corrected chi connectivity index (χ3v) is 33.7. The largest absolute Gasteiger partial charge is 0.297 e. The molecule has 9 heteroatoms. The average molecular weight is 1580 g/mol. The molecule has 7 aromatic heterocycles. The van der Waals surface area contributed by atoms with Crippen LogP contribution in [0.3, 0.4) is 0 Å². The van der Waals surface area contributed by atoms with Gasteiger partial charge in [0.15, 0.2) is 12.6 Å². The SMILES string of the molecule is CCCCCCC(CCCC)Cc1ccc(C2(c3ccc(CC(CCCC)CCCCCC)cc3)c3cc(-c4ccc(C=O)s4)sc3-c3sc4c5c(sc4c32)-c2sc3cc(-c4ccc(C=O)s4)sc3c2C5(c2ccc(CC(CCCC)CCCCCC)cc2)c2ccc(CC(CCCC)CCCCCC)cc2)cc1. The van der Waals surface area contributed by atoms with Gasteiger partial charge in [-0.1, -0.05) is 358 Å². The van der Waals surface area contributed by atoms with Gasteiger partial charge in [0.25, 0.3) is 0 Å². The summed E-state index contributed by atoms with van der Waals surface area (Å²) in [5, 5.41) is 0. The highest BCUT2D eigenvalue weighted by Crippen LogP contribution is 2.72. The summed E-state index contributed by atoms with van der Waals surface area (Å²) in [6.45, 7) is 18.8. The topological polar surface area (TPSA) is 34.1 Å². The molecule has 0 aliphatic heterocycles. The Bertz CT molecular complexity index is 4500. The molecule has 2 aliphatic carbocycles. The third kappa shape index (κ3) is 18.0. The van der Waals surface area contributed by atoms with Crippen LogP contribution in [0.25, 0.3) is 57.8 Å². The van der Waals surface area contributed by atoms with E-state index in [4.69, 9.17) is 0 Å². The quantitative estimate of drug-likeness (QED) is 0.0281. The van der Waals surface area contributed by atoms with E-state index in [-0.39, 0.29) is 0 Å². The van der Waals surface area contributed by atoms with Gasteiger partial charge in [0, 0.05) is 40.9 Å². The molecule has 109 heavy (non-hydrogen) atoms. The highest BCUT2D eigenvalue weighted by atomic mass is 32.1. The minimum atomic E-state index is -0.654. The van der Waals surface area contributed by atoms with E-state index in [9.17, 15) is 9.59 Å². The van der Waals surface area contributed by atoms with Crippen molar-refractivity contribution in [2.75, 3.05) is 0 Å². The van der Waals surface area contributed by atoms with Crippen molar-refractivity contribution in [3.63, 3.8) is 0 Å². The van der Waals surface area contributed by atoms with Gasteiger partial charge in [0.05, 0.1) is 54.2 Å². The Kier molecular flexibility index (Phi) is 29.7. The number of hydrogen-bond donors (Lipinski definition) is 0. The molecule has 0 bridgehead atoms. The fraction of sp³-hybridized carbons (Fsp3) is 0.500. The second-order valence-electron chi connectivity index (χ2n) is 32.9. The first-order chi connectivity index (χ1) is 53.6. The zero-order chi connectivity index (χ0) is 75.7. The van der Waals surface area contributed by atoms with Crippen molar-refractivity contribution in [2.45, 2.75) is 297 Å². The Balaban J connectivity index is 1.06. The number of carbonyl (C=O) groups is 2. The van der Waals surface area contributed by atoms with Crippen LogP contribution in [-0.2, 0) is 36.5 Å². The van der Waals surface area contributed by atoms with Crippen molar-refractivity contribution in [3.05, 3.63) is 210 Å². The summed E-state index contributed by atoms with van der Waals surface area (Å²) in [7, 11) is 0. The Morgan fingerprint density at radius 1 is 0.275 bits per heavy atom. The average Bonchev–Trinajstić information content (AvgIpc) is 1.48. The normalized spacial score (nSPS) is 16.3. The van der Waals surface area contributed by atoms with Gasteiger partial charge in [-0.3, -0.25) is 9.59 Å². The minimum absolute atomic E-state index is 0.641. The number of thiophene rings is 7. The van der Waals surface area contributed by atoms with E-state index in [1.165, 1.54) is 325 Å². The van der Waals surface area contributed by atoms with Crippen LogP contribution in [0.1, 0.15) is 347 Å². The van der Waals surface area contributed by atoms with Crippen LogP contribution < -0.4 is 0 Å². The lowest BCUT2D eigenvalue weighted by atomic mass is 9.67. The number of benzene rings is 4. The maximum absolute atomic E-state index is 12.6. The lowest BCUT2D eigenvalue weighted by Gasteiger charge is -2.34. The molecule has 4 unspecified atom stereocenters. The van der Waals surface area contributed by atoms with Crippen LogP contribution in [0.15, 0.2) is 133 Å². The molecule has 2 aliphatic rings. The summed E-state index contributed by atoms with van der Waals surface area (Å²) in [4.78, 5) is 37.0. The van der Waals surface area contributed by atoms with Crippen LogP contribution in [0.2, 0.25) is 0 Å². The first-order valence-corrected chi connectivity index (χ1v) is 49.1. The van der Waals surface area contributed by atoms with E-state index in [1.54, 1.807) is 22.7 Å². The number of rotatable bonds is 48. The van der Waals surface area contributed by atoms with Crippen molar-refractivity contribution < 1.29 is 9.59 Å². The van der Waals surface area contributed by atoms with Crippen LogP contribution >= 0.6 is 79.4 Å². The van der Waals surface area contributed by atoms with E-state index >= 15 is 0 Å². The van der Waals surface area contributed by atoms with Crippen molar-refractivity contribution in [3.8, 4) is 39.0 Å². The van der Waals surface area contributed by atoms with Gasteiger partial charge in [-0.15, -0.1) is 79.4 Å². The first kappa shape index (κ1) is 81.6. The summed E-state index contributed by atoms with van der Waals surface area (Å²) < 4.78 is 5.58. The third-order valence-electron chi connectivity index (χ3n) is 24.9. The van der Waals surface area contributed by atoms with Crippen LogP contribution in [-0.4, -0.2) is 12.6 Å². The van der Waals surface area contributed by atoms with Gasteiger partial charge in [0.1, 0.15) is 0 Å². The maximum Gasteiger partial charge on any atom is 0.160 e. The first-order valence-electron chi connectivity index (χ1n) is 43.4. The molecule has 4 aromatic carbocycles. The molecule has 11 aromatic rings. The second-order valence-corrected chi connectivity index (χ2v) is 40.3. The van der Waals surface area contributed by atoms with Crippen molar-refractivity contribution >= 4 is 111 Å². The summed E-state index contributed by atoms with van der Waals surface area (Å²) >= 11 is 13.4. The minimum Gasteiger partial charge on any atom is -0.297 e. The number of unbranched alkanes of at least 4 members (excludes halogenated alkanes) is 16. The van der Waals surface area contributed by atoms with Crippen molar-refractivity contribution in [1.82, 2.24) is 0 Å². The predicted molar refractivity (Wildman–Crippen MR) is 485 cm³/mol. The number of fused-ring (bicyclic) bond motifs is 11. The van der Waals surface area contributed by atoms with E-state index in [2.05, 4.69) is 199 Å². The van der Waals surface area contributed by atoms with Gasteiger partial charge in [-0.25, -0.2) is 0 Å². The molecule has 0 N–H and O–H groups in total. The van der Waals surface area contributed by atoms with Crippen LogP contribution in [0, 0.1) is 23.7 Å². The van der Waals surface area contributed by atoms with E-state index in [0.717, 1.165) is 52.9 Å². The Labute approximate surface area is 684 Å². The Hall–Kier alpha value is -5.36. The smallest absolute Gasteiger partial charge is 0.160 e. The fourth-order valence-corrected chi connectivity index (χ4v) is 28.1. The summed E-state index contributed by atoms with van der Waals surface area (Å²) in [5.74, 6) is 2.72. The predicted octanol–water partition coefficient (Wildman–Crippen LogP) is 33.4. The molecule has 0 fully saturated rings. The van der Waals surface area contributed by atoms with Gasteiger partial charge in [-0.2, -0.15) is 0 Å². The van der Waals surface area contributed by atoms with Gasteiger partial charge in [-0.05, 0) is 136 Å². The highest BCUT2D eigenvalue weighted by Gasteiger charge is 2.56. The van der Waals surface area contributed by atoms with Crippen molar-refractivity contribution in [2.24, 2.45) is 23.7 Å². The summed E-state index contributed by atoms with van der Waals surface area (Å²) in [5.41, 5.74) is 15.8. The molecule has 0 saturated heterocycles. The zero-order valence-electron chi connectivity index (χ0n) is 67.3. The number of hydrogen-bond acceptors (Lipinski definition) is 9. The van der Waals surface area contributed by atoms with Gasteiger partial charge >= 0.3 is 0 Å². The molecule has 7 heterocycles.